The number of aromatic carboxylic acids is 1. The topological polar surface area (TPSA) is 86.2 Å². The molecule has 3 aromatic carbocycles. The van der Waals surface area contributed by atoms with E-state index in [0.717, 1.165) is 22.3 Å². The van der Waals surface area contributed by atoms with E-state index in [9.17, 15) is 15.0 Å². The first-order valence-corrected chi connectivity index (χ1v) is 8.15. The molecule has 4 rings (SSSR count). The molecule has 3 N–H and O–H groups in total. The molecule has 0 bridgehead atoms. The number of carbonyl (C=O) groups is 1. The Hall–Kier alpha value is -3.60. The third kappa shape index (κ3) is 2.80. The van der Waals surface area contributed by atoms with E-state index in [4.69, 9.17) is 0 Å². The second-order valence-corrected chi connectivity index (χ2v) is 6.18. The van der Waals surface area contributed by atoms with Crippen molar-refractivity contribution in [2.75, 3.05) is 0 Å². The lowest BCUT2D eigenvalue weighted by atomic mass is 9.98. The van der Waals surface area contributed by atoms with Crippen LogP contribution in [0.15, 0.2) is 60.7 Å². The maximum Gasteiger partial charge on any atom is 0.337 e. The lowest BCUT2D eigenvalue weighted by Gasteiger charge is -2.07. The number of imidazole rings is 1. The van der Waals surface area contributed by atoms with E-state index < -0.39 is 5.97 Å². The van der Waals surface area contributed by atoms with E-state index >= 15 is 0 Å². The van der Waals surface area contributed by atoms with Gasteiger partial charge < -0.3 is 15.2 Å². The Morgan fingerprint density at radius 3 is 2.27 bits per heavy atom. The van der Waals surface area contributed by atoms with Gasteiger partial charge in [-0.15, -0.1) is 0 Å². The number of aromatic hydroxyl groups is 1. The van der Waals surface area contributed by atoms with Gasteiger partial charge >= 0.3 is 5.97 Å². The zero-order valence-electron chi connectivity index (χ0n) is 14.0. The molecule has 0 amide bonds. The van der Waals surface area contributed by atoms with Crippen molar-refractivity contribution in [3.8, 4) is 28.0 Å². The van der Waals surface area contributed by atoms with Gasteiger partial charge in [-0.25, -0.2) is 9.78 Å². The van der Waals surface area contributed by atoms with E-state index in [-0.39, 0.29) is 11.3 Å². The quantitative estimate of drug-likeness (QED) is 0.506. The predicted octanol–water partition coefficient (Wildman–Crippen LogP) is 4.61. The molecule has 5 nitrogen and oxygen atoms in total. The number of rotatable bonds is 3. The minimum absolute atomic E-state index is 0.180. The van der Waals surface area contributed by atoms with Gasteiger partial charge in [-0.3, -0.25) is 0 Å². The second-order valence-electron chi connectivity index (χ2n) is 6.18. The van der Waals surface area contributed by atoms with Crippen LogP contribution in [0.4, 0.5) is 0 Å². The molecule has 0 saturated carbocycles. The molecule has 4 aromatic rings. The number of nitrogens with one attached hydrogen (secondary N) is 1. The van der Waals surface area contributed by atoms with Crippen LogP contribution in [-0.4, -0.2) is 26.2 Å². The lowest BCUT2D eigenvalue weighted by Crippen LogP contribution is -1.98. The SMILES string of the molecule is Cc1nc2c(C(=O)O)cc(-c3ccc(-c4cccc(O)c4)cc3)cc2[nH]1. The number of fused-ring (bicyclic) bond motifs is 1. The molecule has 0 saturated heterocycles. The monoisotopic (exact) mass is 344 g/mol. The van der Waals surface area contributed by atoms with Crippen molar-refractivity contribution in [3.63, 3.8) is 0 Å². The molecular weight excluding hydrogens is 328 g/mol. The zero-order chi connectivity index (χ0) is 18.3. The van der Waals surface area contributed by atoms with Gasteiger partial charge in [-0.1, -0.05) is 36.4 Å². The Balaban J connectivity index is 1.79. The Morgan fingerprint density at radius 2 is 1.62 bits per heavy atom. The number of hydrogen-bond acceptors (Lipinski definition) is 3. The number of aryl methyl sites for hydroxylation is 1. The van der Waals surface area contributed by atoms with Crippen molar-refractivity contribution >= 4 is 17.0 Å². The van der Waals surface area contributed by atoms with Gasteiger partial charge in [-0.2, -0.15) is 0 Å². The molecule has 26 heavy (non-hydrogen) atoms. The Morgan fingerprint density at radius 1 is 0.923 bits per heavy atom. The summed E-state index contributed by atoms with van der Waals surface area (Å²) in [7, 11) is 0. The average molecular weight is 344 g/mol. The van der Waals surface area contributed by atoms with Gasteiger partial charge in [0.05, 0.1) is 11.1 Å². The van der Waals surface area contributed by atoms with Gasteiger partial charge in [0, 0.05) is 0 Å². The van der Waals surface area contributed by atoms with E-state index in [1.807, 2.05) is 36.4 Å². The normalized spacial score (nSPS) is 11.0. The summed E-state index contributed by atoms with van der Waals surface area (Å²) < 4.78 is 0. The first kappa shape index (κ1) is 15.9. The molecule has 128 valence electrons. The van der Waals surface area contributed by atoms with Crippen LogP contribution in [0.25, 0.3) is 33.3 Å². The fourth-order valence-electron chi connectivity index (χ4n) is 3.11. The van der Waals surface area contributed by atoms with Crippen molar-refractivity contribution in [2.45, 2.75) is 6.92 Å². The van der Waals surface area contributed by atoms with Gasteiger partial charge in [0.25, 0.3) is 0 Å². The summed E-state index contributed by atoms with van der Waals surface area (Å²) in [5.74, 6) is -0.101. The standard InChI is InChI=1S/C21H16N2O3/c1-12-22-19-11-16(10-18(21(25)26)20(19)23-12)14-7-5-13(6-8-14)15-3-2-4-17(24)9-15/h2-11,24H,1H3,(H,22,23)(H,25,26). The number of hydrogen-bond donors (Lipinski definition) is 3. The van der Waals surface area contributed by atoms with Crippen LogP contribution in [0, 0.1) is 6.92 Å². The molecule has 0 spiro atoms. The van der Waals surface area contributed by atoms with E-state index in [1.54, 1.807) is 31.2 Å². The second kappa shape index (κ2) is 6.04. The molecule has 0 radical (unpaired) electrons. The summed E-state index contributed by atoms with van der Waals surface area (Å²) in [6.07, 6.45) is 0. The van der Waals surface area contributed by atoms with Gasteiger partial charge in [-0.05, 0) is 53.4 Å². The van der Waals surface area contributed by atoms with Crippen molar-refractivity contribution in [1.82, 2.24) is 9.97 Å². The van der Waals surface area contributed by atoms with Crippen molar-refractivity contribution in [1.29, 1.82) is 0 Å². The summed E-state index contributed by atoms with van der Waals surface area (Å²) in [5, 5.41) is 19.1. The van der Waals surface area contributed by atoms with Crippen molar-refractivity contribution in [2.24, 2.45) is 0 Å². The Bertz CT molecular complexity index is 1130. The van der Waals surface area contributed by atoms with E-state index in [2.05, 4.69) is 9.97 Å². The van der Waals surface area contributed by atoms with Crippen molar-refractivity contribution < 1.29 is 15.0 Å². The summed E-state index contributed by atoms with van der Waals surface area (Å²) in [6.45, 7) is 1.80. The van der Waals surface area contributed by atoms with E-state index in [0.29, 0.717) is 16.9 Å². The maximum atomic E-state index is 11.6. The van der Waals surface area contributed by atoms with Crippen LogP contribution in [0.2, 0.25) is 0 Å². The number of aromatic nitrogens is 2. The fourth-order valence-corrected chi connectivity index (χ4v) is 3.11. The lowest BCUT2D eigenvalue weighted by molar-refractivity contribution is 0.0699. The number of phenols is 1. The van der Waals surface area contributed by atoms with Gasteiger partial charge in [0.2, 0.25) is 0 Å². The summed E-state index contributed by atoms with van der Waals surface area (Å²) in [5.41, 5.74) is 4.96. The predicted molar refractivity (Wildman–Crippen MR) is 100 cm³/mol. The minimum Gasteiger partial charge on any atom is -0.508 e. The molecule has 0 unspecified atom stereocenters. The molecule has 0 aliphatic heterocycles. The molecule has 0 atom stereocenters. The third-order valence-electron chi connectivity index (χ3n) is 4.33. The van der Waals surface area contributed by atoms with Crippen LogP contribution in [0.3, 0.4) is 0 Å². The van der Waals surface area contributed by atoms with Crippen LogP contribution < -0.4 is 0 Å². The van der Waals surface area contributed by atoms with Gasteiger partial charge in [0.15, 0.2) is 0 Å². The minimum atomic E-state index is -1.00. The number of phenolic OH excluding ortho intramolecular Hbond substituents is 1. The van der Waals surface area contributed by atoms with Crippen LogP contribution in [0.5, 0.6) is 5.75 Å². The molecule has 1 heterocycles. The highest BCUT2D eigenvalue weighted by Gasteiger charge is 2.14. The van der Waals surface area contributed by atoms with Crippen LogP contribution in [0.1, 0.15) is 16.2 Å². The van der Waals surface area contributed by atoms with Crippen LogP contribution >= 0.6 is 0 Å². The number of carboxylic acid groups (broad SMARTS) is 1. The summed E-state index contributed by atoms with van der Waals surface area (Å²) in [4.78, 5) is 19.0. The van der Waals surface area contributed by atoms with Crippen molar-refractivity contribution in [3.05, 3.63) is 72.1 Å². The number of aromatic amines is 1. The van der Waals surface area contributed by atoms with Gasteiger partial charge in [0.1, 0.15) is 17.1 Å². The third-order valence-corrected chi connectivity index (χ3v) is 4.33. The highest BCUT2D eigenvalue weighted by atomic mass is 16.4. The van der Waals surface area contributed by atoms with E-state index in [1.165, 1.54) is 0 Å². The molecule has 5 heteroatoms. The number of carboxylic acids is 1. The number of H-pyrrole nitrogens is 1. The molecule has 1 aromatic heterocycles. The Labute approximate surface area is 149 Å². The first-order chi connectivity index (χ1) is 12.5. The molecular formula is C21H16N2O3. The smallest absolute Gasteiger partial charge is 0.337 e. The highest BCUT2D eigenvalue weighted by Crippen LogP contribution is 2.30. The number of benzene rings is 3. The Kier molecular flexibility index (Phi) is 3.69. The molecule has 0 fully saturated rings. The first-order valence-electron chi connectivity index (χ1n) is 8.15. The molecule has 0 aliphatic rings. The highest BCUT2D eigenvalue weighted by molar-refractivity contribution is 6.03. The number of nitrogens with zero attached hydrogens (tertiary/aromatic N) is 1. The fraction of sp³-hybridized carbons (Fsp3) is 0.0476. The summed E-state index contributed by atoms with van der Waals surface area (Å²) >= 11 is 0. The zero-order valence-corrected chi connectivity index (χ0v) is 14.0. The average Bonchev–Trinajstić information content (AvgIpc) is 3.01. The maximum absolute atomic E-state index is 11.6. The molecule has 0 aliphatic carbocycles. The summed E-state index contributed by atoms with van der Waals surface area (Å²) in [6, 6.07) is 18.4. The largest absolute Gasteiger partial charge is 0.508 e. The van der Waals surface area contributed by atoms with Crippen LogP contribution in [-0.2, 0) is 0 Å².